The number of benzene rings is 2. The molecule has 0 aliphatic rings. The quantitative estimate of drug-likeness (QED) is 0.804. The summed E-state index contributed by atoms with van der Waals surface area (Å²) in [5.41, 5.74) is 1.55. The Kier molecular flexibility index (Phi) is 3.97. The Hall–Kier alpha value is -1.42. The van der Waals surface area contributed by atoms with E-state index in [1.165, 1.54) is 18.2 Å². The van der Waals surface area contributed by atoms with Crippen LogP contribution in [0.25, 0.3) is 0 Å². The highest BCUT2D eigenvalue weighted by atomic mass is 79.9. The molecule has 0 atom stereocenters. The van der Waals surface area contributed by atoms with Gasteiger partial charge in [0.2, 0.25) is 0 Å². The van der Waals surface area contributed by atoms with Crippen molar-refractivity contribution < 1.29 is 13.5 Å². The second kappa shape index (κ2) is 5.48. The minimum absolute atomic E-state index is 0.122. The van der Waals surface area contributed by atoms with Crippen LogP contribution in [0.4, 0.5) is 8.78 Å². The fraction of sp³-hybridized carbons (Fsp3) is 0.143. The maximum atomic E-state index is 13.4. The van der Waals surface area contributed by atoms with Crippen LogP contribution in [-0.4, -0.2) is 0 Å². The molecule has 0 aliphatic heterocycles. The molecule has 18 heavy (non-hydrogen) atoms. The van der Waals surface area contributed by atoms with Crippen LogP contribution in [-0.2, 0) is 6.61 Å². The lowest BCUT2D eigenvalue weighted by Gasteiger charge is -2.08. The maximum Gasteiger partial charge on any atom is 0.165 e. The van der Waals surface area contributed by atoms with Gasteiger partial charge < -0.3 is 4.74 Å². The van der Waals surface area contributed by atoms with Crippen molar-refractivity contribution in [1.29, 1.82) is 0 Å². The van der Waals surface area contributed by atoms with Crippen LogP contribution in [0.3, 0.4) is 0 Å². The molecular weight excluding hydrogens is 302 g/mol. The van der Waals surface area contributed by atoms with Gasteiger partial charge in [-0.15, -0.1) is 0 Å². The van der Waals surface area contributed by atoms with Gasteiger partial charge in [-0.1, -0.05) is 22.0 Å². The van der Waals surface area contributed by atoms with Gasteiger partial charge in [0.15, 0.2) is 11.6 Å². The van der Waals surface area contributed by atoms with Crippen molar-refractivity contribution in [3.8, 4) is 5.75 Å². The first-order valence-corrected chi connectivity index (χ1v) is 6.18. The second-order valence-electron chi connectivity index (χ2n) is 4.00. The normalized spacial score (nSPS) is 10.4. The van der Waals surface area contributed by atoms with E-state index in [0.717, 1.165) is 5.56 Å². The predicted octanol–water partition coefficient (Wildman–Crippen LogP) is 4.61. The first-order chi connectivity index (χ1) is 8.54. The lowest BCUT2D eigenvalue weighted by molar-refractivity contribution is 0.289. The molecule has 0 radical (unpaired) electrons. The largest absolute Gasteiger partial charge is 0.486 e. The molecule has 0 amide bonds. The minimum Gasteiger partial charge on any atom is -0.486 e. The average Bonchev–Trinajstić information content (AvgIpc) is 2.29. The fourth-order valence-electron chi connectivity index (χ4n) is 1.58. The third kappa shape index (κ3) is 3.29. The summed E-state index contributed by atoms with van der Waals surface area (Å²) in [5.74, 6) is -0.598. The zero-order chi connectivity index (χ0) is 13.1. The summed E-state index contributed by atoms with van der Waals surface area (Å²) in [7, 11) is 0. The number of hydrogen-bond acceptors (Lipinski definition) is 1. The number of ether oxygens (including phenoxy) is 1. The molecule has 4 heteroatoms. The van der Waals surface area contributed by atoms with Gasteiger partial charge in [0.05, 0.1) is 0 Å². The smallest absolute Gasteiger partial charge is 0.165 e. The predicted molar refractivity (Wildman–Crippen MR) is 69.6 cm³/mol. The first-order valence-electron chi connectivity index (χ1n) is 5.38. The fourth-order valence-corrected chi connectivity index (χ4v) is 2.09. The highest BCUT2D eigenvalue weighted by molar-refractivity contribution is 9.10. The Bertz CT molecular complexity index is 549. The Morgan fingerprint density at radius 1 is 1.11 bits per heavy atom. The number of hydrogen-bond donors (Lipinski definition) is 0. The minimum atomic E-state index is -0.420. The Balaban J connectivity index is 2.13. The Morgan fingerprint density at radius 3 is 2.61 bits per heavy atom. The van der Waals surface area contributed by atoms with E-state index in [2.05, 4.69) is 15.9 Å². The van der Waals surface area contributed by atoms with E-state index >= 15 is 0 Å². The van der Waals surface area contributed by atoms with Crippen LogP contribution in [0.1, 0.15) is 11.1 Å². The van der Waals surface area contributed by atoms with Crippen LogP contribution in [0.15, 0.2) is 40.9 Å². The van der Waals surface area contributed by atoms with E-state index in [9.17, 15) is 8.78 Å². The van der Waals surface area contributed by atoms with Gasteiger partial charge in [-0.3, -0.25) is 0 Å². The van der Waals surface area contributed by atoms with Crippen LogP contribution >= 0.6 is 15.9 Å². The van der Waals surface area contributed by atoms with E-state index in [4.69, 9.17) is 4.74 Å². The van der Waals surface area contributed by atoms with E-state index in [0.29, 0.717) is 10.0 Å². The van der Waals surface area contributed by atoms with Gasteiger partial charge in [-0.25, -0.2) is 8.78 Å². The van der Waals surface area contributed by atoms with Crippen molar-refractivity contribution in [2.24, 2.45) is 0 Å². The molecule has 0 unspecified atom stereocenters. The maximum absolute atomic E-state index is 13.4. The topological polar surface area (TPSA) is 9.23 Å². The Morgan fingerprint density at radius 2 is 1.89 bits per heavy atom. The number of rotatable bonds is 3. The molecule has 0 heterocycles. The summed E-state index contributed by atoms with van der Waals surface area (Å²) in [4.78, 5) is 0. The Labute approximate surface area is 113 Å². The molecule has 0 saturated carbocycles. The lowest BCUT2D eigenvalue weighted by atomic mass is 10.2. The summed E-state index contributed by atoms with van der Waals surface area (Å²) in [6.07, 6.45) is 0. The van der Waals surface area contributed by atoms with Crippen LogP contribution in [0, 0.1) is 18.6 Å². The molecule has 0 spiro atoms. The molecule has 94 valence electrons. The van der Waals surface area contributed by atoms with Gasteiger partial charge >= 0.3 is 0 Å². The van der Waals surface area contributed by atoms with Gasteiger partial charge in [0, 0.05) is 4.47 Å². The summed E-state index contributed by atoms with van der Waals surface area (Å²) < 4.78 is 32.5. The number of aryl methyl sites for hydroxylation is 1. The molecule has 0 bridgehead atoms. The summed E-state index contributed by atoms with van der Waals surface area (Å²) in [5, 5.41) is 0. The molecule has 0 aromatic heterocycles. The molecule has 0 fully saturated rings. The molecule has 2 aromatic rings. The SMILES string of the molecule is Cc1ccc(F)c(OCc2cc(F)cc(Br)c2)c1. The standard InChI is InChI=1S/C14H11BrF2O/c1-9-2-3-13(17)14(4-9)18-8-10-5-11(15)7-12(16)6-10/h2-7H,8H2,1H3. The third-order valence-electron chi connectivity index (χ3n) is 2.40. The molecule has 2 rings (SSSR count). The van der Waals surface area contributed by atoms with Crippen molar-refractivity contribution in [2.75, 3.05) is 0 Å². The van der Waals surface area contributed by atoms with E-state index in [-0.39, 0.29) is 18.2 Å². The highest BCUT2D eigenvalue weighted by Crippen LogP contribution is 2.21. The van der Waals surface area contributed by atoms with E-state index < -0.39 is 5.82 Å². The molecule has 0 saturated heterocycles. The third-order valence-corrected chi connectivity index (χ3v) is 2.86. The monoisotopic (exact) mass is 312 g/mol. The zero-order valence-corrected chi connectivity index (χ0v) is 11.3. The molecule has 1 nitrogen and oxygen atoms in total. The summed E-state index contributed by atoms with van der Waals surface area (Å²) in [6, 6.07) is 9.09. The summed E-state index contributed by atoms with van der Waals surface area (Å²) in [6.45, 7) is 1.97. The summed E-state index contributed by atoms with van der Waals surface area (Å²) >= 11 is 3.20. The highest BCUT2D eigenvalue weighted by Gasteiger charge is 2.05. The van der Waals surface area contributed by atoms with Gasteiger partial charge in [-0.05, 0) is 48.4 Å². The number of halogens is 3. The van der Waals surface area contributed by atoms with E-state index in [1.54, 1.807) is 18.2 Å². The van der Waals surface area contributed by atoms with Crippen molar-refractivity contribution in [3.63, 3.8) is 0 Å². The van der Waals surface area contributed by atoms with Crippen molar-refractivity contribution in [1.82, 2.24) is 0 Å². The molecular formula is C14H11BrF2O. The van der Waals surface area contributed by atoms with Crippen LogP contribution < -0.4 is 4.74 Å². The van der Waals surface area contributed by atoms with Crippen LogP contribution in [0.2, 0.25) is 0 Å². The van der Waals surface area contributed by atoms with Gasteiger partial charge in [-0.2, -0.15) is 0 Å². The first kappa shape index (κ1) is 13.0. The molecule has 2 aromatic carbocycles. The molecule has 0 aliphatic carbocycles. The molecule has 0 N–H and O–H groups in total. The van der Waals surface area contributed by atoms with Crippen molar-refractivity contribution >= 4 is 15.9 Å². The van der Waals surface area contributed by atoms with Gasteiger partial charge in [0.25, 0.3) is 0 Å². The zero-order valence-electron chi connectivity index (χ0n) is 9.71. The van der Waals surface area contributed by atoms with Gasteiger partial charge in [0.1, 0.15) is 12.4 Å². The lowest BCUT2D eigenvalue weighted by Crippen LogP contribution is -1.98. The van der Waals surface area contributed by atoms with Crippen molar-refractivity contribution in [2.45, 2.75) is 13.5 Å². The second-order valence-corrected chi connectivity index (χ2v) is 4.92. The average molecular weight is 313 g/mol. The van der Waals surface area contributed by atoms with Crippen LogP contribution in [0.5, 0.6) is 5.75 Å². The van der Waals surface area contributed by atoms with E-state index in [1.807, 2.05) is 6.92 Å². The van der Waals surface area contributed by atoms with Crippen molar-refractivity contribution in [3.05, 3.63) is 63.6 Å².